The number of nitrogens with zero attached hydrogens (tertiary/aromatic N) is 6. The smallest absolute Gasteiger partial charge is 0.211 e. The van der Waals surface area contributed by atoms with Crippen LogP contribution in [-0.2, 0) is 10.0 Å². The fraction of sp³-hybridized carbons (Fsp3) is 1.00. The molecule has 0 aromatic heterocycles. The van der Waals surface area contributed by atoms with Crippen LogP contribution in [0.25, 0.3) is 0 Å². The Morgan fingerprint density at radius 1 is 0.524 bits per heavy atom. The standard InChI is InChI=1S/C12H26N2O.C10H22N2O2S.C10H22N2/c1-11(2,3)10-13-6-8-14(9-7-13)12(4,5)15;1-10(2,3)9-11-5-7-12(8-6-11)15(4,13)14;1-10(2,3)9-12-7-5-11(4)6-8-12/h15H,6-10H2,1-5H3;5-9H2,1-4H3;5-9H2,1-4H3. The van der Waals surface area contributed by atoms with E-state index in [9.17, 15) is 13.5 Å². The van der Waals surface area contributed by atoms with Gasteiger partial charge in [0.1, 0.15) is 5.72 Å². The Morgan fingerprint density at radius 2 is 0.810 bits per heavy atom. The molecule has 3 saturated heterocycles. The van der Waals surface area contributed by atoms with Gasteiger partial charge in [-0.1, -0.05) is 62.3 Å². The van der Waals surface area contributed by atoms with Gasteiger partial charge in [-0.15, -0.1) is 0 Å². The average molecular weight is 619 g/mol. The molecule has 3 aliphatic rings. The summed E-state index contributed by atoms with van der Waals surface area (Å²) >= 11 is 0. The van der Waals surface area contributed by atoms with E-state index in [0.29, 0.717) is 23.9 Å². The molecule has 0 spiro atoms. The van der Waals surface area contributed by atoms with E-state index >= 15 is 0 Å². The lowest BCUT2D eigenvalue weighted by Gasteiger charge is -2.42. The zero-order valence-electron chi connectivity index (χ0n) is 30.0. The highest BCUT2D eigenvalue weighted by atomic mass is 32.2. The van der Waals surface area contributed by atoms with E-state index in [-0.39, 0.29) is 5.41 Å². The molecule has 3 fully saturated rings. The third-order valence-electron chi connectivity index (χ3n) is 7.64. The van der Waals surface area contributed by atoms with Crippen LogP contribution in [0, 0.1) is 16.2 Å². The Bertz CT molecular complexity index is 847. The monoisotopic (exact) mass is 619 g/mol. The Hall–Kier alpha value is -0.330. The van der Waals surface area contributed by atoms with Crippen LogP contribution in [-0.4, -0.2) is 160 Å². The summed E-state index contributed by atoms with van der Waals surface area (Å²) in [7, 11) is -0.784. The summed E-state index contributed by atoms with van der Waals surface area (Å²) in [5, 5.41) is 9.87. The first-order chi connectivity index (χ1) is 18.8. The van der Waals surface area contributed by atoms with Crippen LogP contribution in [0.4, 0.5) is 0 Å². The summed E-state index contributed by atoms with van der Waals surface area (Å²) in [6.45, 7) is 39.5. The normalized spacial score (nSPS) is 22.2. The molecule has 1 N–H and O–H groups in total. The van der Waals surface area contributed by atoms with Crippen molar-refractivity contribution in [3.05, 3.63) is 0 Å². The summed E-state index contributed by atoms with van der Waals surface area (Å²) in [5.41, 5.74) is 0.452. The topological polar surface area (TPSA) is 73.8 Å². The molecular weight excluding hydrogens is 548 g/mol. The number of piperazine rings is 3. The second-order valence-electron chi connectivity index (χ2n) is 17.0. The molecule has 3 rings (SSSR count). The van der Waals surface area contributed by atoms with E-state index < -0.39 is 15.7 Å². The minimum Gasteiger partial charge on any atom is -0.376 e. The van der Waals surface area contributed by atoms with E-state index in [1.54, 1.807) is 4.31 Å². The lowest BCUT2D eigenvalue weighted by Crippen LogP contribution is -2.55. The zero-order chi connectivity index (χ0) is 32.6. The third kappa shape index (κ3) is 18.5. The van der Waals surface area contributed by atoms with Crippen molar-refractivity contribution in [2.45, 2.75) is 81.9 Å². The quantitative estimate of drug-likeness (QED) is 0.504. The molecule has 0 aromatic carbocycles. The highest BCUT2D eigenvalue weighted by molar-refractivity contribution is 7.88. The minimum absolute atomic E-state index is 0.285. The summed E-state index contributed by atoms with van der Waals surface area (Å²) < 4.78 is 24.1. The van der Waals surface area contributed by atoms with Gasteiger partial charge in [-0.25, -0.2) is 8.42 Å². The van der Waals surface area contributed by atoms with Crippen LogP contribution in [0.1, 0.15) is 76.2 Å². The average Bonchev–Trinajstić information content (AvgIpc) is 2.78. The summed E-state index contributed by atoms with van der Waals surface area (Å²) in [6, 6.07) is 0. The van der Waals surface area contributed by atoms with Crippen molar-refractivity contribution in [3.63, 3.8) is 0 Å². The first-order valence-corrected chi connectivity index (χ1v) is 18.0. The molecular formula is C32H70N6O3S. The van der Waals surface area contributed by atoms with Crippen molar-refractivity contribution in [2.75, 3.05) is 111 Å². The number of hydrogen-bond donors (Lipinski definition) is 1. The maximum absolute atomic E-state index is 11.3. The highest BCUT2D eigenvalue weighted by Gasteiger charge is 2.29. The highest BCUT2D eigenvalue weighted by Crippen LogP contribution is 2.20. The van der Waals surface area contributed by atoms with Crippen molar-refractivity contribution >= 4 is 10.0 Å². The molecule has 42 heavy (non-hydrogen) atoms. The van der Waals surface area contributed by atoms with E-state index in [2.05, 4.69) is 93.9 Å². The molecule has 252 valence electrons. The first kappa shape index (κ1) is 39.7. The van der Waals surface area contributed by atoms with Gasteiger partial charge < -0.3 is 24.7 Å². The van der Waals surface area contributed by atoms with E-state index in [0.717, 1.165) is 52.4 Å². The maximum atomic E-state index is 11.3. The van der Waals surface area contributed by atoms with Crippen molar-refractivity contribution in [2.24, 2.45) is 16.2 Å². The lowest BCUT2D eigenvalue weighted by molar-refractivity contribution is -0.0980. The Morgan fingerprint density at radius 3 is 1.07 bits per heavy atom. The fourth-order valence-corrected chi connectivity index (χ4v) is 6.52. The molecule has 3 aliphatic heterocycles. The Labute approximate surface area is 261 Å². The molecule has 0 radical (unpaired) electrons. The van der Waals surface area contributed by atoms with Crippen LogP contribution >= 0.6 is 0 Å². The third-order valence-corrected chi connectivity index (χ3v) is 8.94. The molecule has 0 aliphatic carbocycles. The molecule has 0 bridgehead atoms. The number of likely N-dealkylation sites (N-methyl/N-ethyl adjacent to an activating group) is 1. The van der Waals surface area contributed by atoms with Gasteiger partial charge in [0, 0.05) is 98.2 Å². The van der Waals surface area contributed by atoms with Crippen molar-refractivity contribution in [1.29, 1.82) is 0 Å². The maximum Gasteiger partial charge on any atom is 0.211 e. The van der Waals surface area contributed by atoms with Crippen LogP contribution in [0.5, 0.6) is 0 Å². The largest absolute Gasteiger partial charge is 0.376 e. The van der Waals surface area contributed by atoms with Crippen LogP contribution in [0.3, 0.4) is 0 Å². The van der Waals surface area contributed by atoms with Gasteiger partial charge in [-0.2, -0.15) is 4.31 Å². The van der Waals surface area contributed by atoms with Crippen LogP contribution in [0.15, 0.2) is 0 Å². The summed E-state index contributed by atoms with van der Waals surface area (Å²) in [4.78, 5) is 11.9. The van der Waals surface area contributed by atoms with E-state index in [4.69, 9.17) is 0 Å². The fourth-order valence-electron chi connectivity index (χ4n) is 5.69. The zero-order valence-corrected chi connectivity index (χ0v) is 30.8. The first-order valence-electron chi connectivity index (χ1n) is 16.1. The molecule has 3 heterocycles. The van der Waals surface area contributed by atoms with E-state index in [1.807, 2.05) is 13.8 Å². The molecule has 0 saturated carbocycles. The Kier molecular flexibility index (Phi) is 15.4. The predicted molar refractivity (Wildman–Crippen MR) is 179 cm³/mol. The van der Waals surface area contributed by atoms with Gasteiger partial charge in [0.05, 0.1) is 6.26 Å². The van der Waals surface area contributed by atoms with Gasteiger partial charge >= 0.3 is 0 Å². The number of rotatable bonds is 5. The predicted octanol–water partition coefficient (Wildman–Crippen LogP) is 3.27. The number of sulfonamides is 1. The molecule has 0 atom stereocenters. The second-order valence-corrected chi connectivity index (χ2v) is 18.9. The molecule has 10 heteroatoms. The van der Waals surface area contributed by atoms with Gasteiger partial charge in [0.15, 0.2) is 0 Å². The number of hydrogen-bond acceptors (Lipinski definition) is 8. The van der Waals surface area contributed by atoms with Crippen molar-refractivity contribution < 1.29 is 13.5 Å². The van der Waals surface area contributed by atoms with Crippen molar-refractivity contribution in [1.82, 2.24) is 28.8 Å². The summed E-state index contributed by atoms with van der Waals surface area (Å²) in [6.07, 6.45) is 1.28. The van der Waals surface area contributed by atoms with Gasteiger partial charge in [0.2, 0.25) is 10.0 Å². The van der Waals surface area contributed by atoms with E-state index in [1.165, 1.54) is 39.0 Å². The molecule has 0 unspecified atom stereocenters. The lowest BCUT2D eigenvalue weighted by atomic mass is 9.95. The van der Waals surface area contributed by atoms with Gasteiger partial charge in [-0.3, -0.25) is 4.90 Å². The van der Waals surface area contributed by atoms with Gasteiger partial charge in [-0.05, 0) is 37.1 Å². The second kappa shape index (κ2) is 16.3. The molecule has 9 nitrogen and oxygen atoms in total. The summed E-state index contributed by atoms with van der Waals surface area (Å²) in [5.74, 6) is 0. The van der Waals surface area contributed by atoms with Crippen LogP contribution < -0.4 is 0 Å². The van der Waals surface area contributed by atoms with Crippen LogP contribution in [0.2, 0.25) is 0 Å². The molecule has 0 amide bonds. The molecule has 0 aromatic rings. The van der Waals surface area contributed by atoms with Crippen molar-refractivity contribution in [3.8, 4) is 0 Å². The van der Waals surface area contributed by atoms with Gasteiger partial charge in [0.25, 0.3) is 0 Å². The SMILES string of the molecule is CC(C)(C)CN1CCN(C(C)(C)O)CC1.CC(C)(C)CN1CCN(S(C)(=O)=O)CC1.CN1CCN(CC(C)(C)C)CC1. The number of aliphatic hydroxyl groups is 1. The Balaban J connectivity index is 0.000000317. The minimum atomic E-state index is -2.99.